The highest BCUT2D eigenvalue weighted by molar-refractivity contribution is 6.04. The number of benzene rings is 1. The van der Waals surface area contributed by atoms with Crippen molar-refractivity contribution in [3.8, 4) is 18.9 Å². The van der Waals surface area contributed by atoms with E-state index in [2.05, 4.69) is 60.9 Å². The molecule has 0 fully saturated rings. The lowest BCUT2D eigenvalue weighted by atomic mass is 9.90. The van der Waals surface area contributed by atoms with Crippen molar-refractivity contribution in [3.63, 3.8) is 0 Å². The number of Topliss-reactive ketones (excluding diaryl/α,β-unsaturated/α-hetero) is 1. The van der Waals surface area contributed by atoms with Crippen LogP contribution in [0.1, 0.15) is 101 Å². The number of ether oxygens (including phenoxy) is 1. The summed E-state index contributed by atoms with van der Waals surface area (Å²) in [6.07, 6.45) is 17.8. The normalized spacial score (nSPS) is 10.9. The first-order valence-electron chi connectivity index (χ1n) is 14.0. The van der Waals surface area contributed by atoms with Crippen molar-refractivity contribution in [3.05, 3.63) is 70.9 Å². The quantitative estimate of drug-likeness (QED) is 0.147. The fraction of sp³-hybridized carbons (Fsp3) is 0.412. The van der Waals surface area contributed by atoms with Crippen LogP contribution >= 0.6 is 0 Å². The Balaban J connectivity index is 0.000000547. The van der Waals surface area contributed by atoms with E-state index in [0.717, 1.165) is 54.6 Å². The van der Waals surface area contributed by atoms with Gasteiger partial charge in [0.25, 0.3) is 5.91 Å². The lowest BCUT2D eigenvalue weighted by Crippen LogP contribution is -2.13. The Hall–Kier alpha value is -4.36. The van der Waals surface area contributed by atoms with Gasteiger partial charge in [0.05, 0.1) is 24.5 Å². The fourth-order valence-corrected chi connectivity index (χ4v) is 4.56. The number of pyridine rings is 1. The van der Waals surface area contributed by atoms with Crippen LogP contribution < -0.4 is 5.32 Å². The summed E-state index contributed by atoms with van der Waals surface area (Å²) in [5.74, 6) is 1.13. The van der Waals surface area contributed by atoms with Crippen molar-refractivity contribution in [2.24, 2.45) is 7.05 Å². The second-order valence-corrected chi connectivity index (χ2v) is 9.76. The van der Waals surface area contributed by atoms with Crippen molar-refractivity contribution >= 4 is 28.3 Å². The van der Waals surface area contributed by atoms with Gasteiger partial charge >= 0.3 is 0 Å². The first kappa shape index (κ1) is 34.7. The van der Waals surface area contributed by atoms with E-state index in [9.17, 15) is 9.59 Å². The summed E-state index contributed by atoms with van der Waals surface area (Å²) in [5, 5.41) is 13.1. The summed E-state index contributed by atoms with van der Waals surface area (Å²) >= 11 is 0. The molecule has 1 N–H and O–H groups in total. The third kappa shape index (κ3) is 9.96. The molecular formula is C34H44N4O3. The standard InChI is InChI=1S/C23H26N4O.C9H16O2.C2H2/c1-4-6-17(7-5-2)20-15-27(3)22-9-8-18(13-19(20)22)26-23(28)21-12-16(14-24)10-11-25-21;1-5-6-9(10)7(2)8(3)11-4;1-2/h8-13,15,17H,4-7H2,1-3H3,(H,26,28);5-6H2,1-4H3;1-2H/b;8-7+;. The monoisotopic (exact) mass is 556 g/mol. The van der Waals surface area contributed by atoms with Gasteiger partial charge in [0.15, 0.2) is 5.78 Å². The molecule has 0 radical (unpaired) electrons. The smallest absolute Gasteiger partial charge is 0.274 e. The van der Waals surface area contributed by atoms with E-state index in [0.29, 0.717) is 17.9 Å². The molecule has 7 heteroatoms. The molecule has 1 amide bonds. The summed E-state index contributed by atoms with van der Waals surface area (Å²) in [6.45, 7) is 10.1. The van der Waals surface area contributed by atoms with Crippen LogP contribution in [0, 0.1) is 24.2 Å². The molecule has 0 saturated carbocycles. The number of amides is 1. The van der Waals surface area contributed by atoms with Gasteiger partial charge in [0.2, 0.25) is 0 Å². The highest BCUT2D eigenvalue weighted by Crippen LogP contribution is 2.34. The molecule has 0 spiro atoms. The van der Waals surface area contributed by atoms with E-state index in [1.54, 1.807) is 20.1 Å². The SMILES string of the molecule is C#C.CCCC(=O)/C(C)=C(\C)OC.CCCC(CCC)c1cn(C)c2ccc(NC(=O)c3cc(C#N)ccn3)cc12. The van der Waals surface area contributed by atoms with Gasteiger partial charge in [-0.15, -0.1) is 12.8 Å². The van der Waals surface area contributed by atoms with Crippen molar-refractivity contribution in [1.82, 2.24) is 9.55 Å². The Morgan fingerprint density at radius 2 is 1.73 bits per heavy atom. The highest BCUT2D eigenvalue weighted by Gasteiger charge is 2.17. The van der Waals surface area contributed by atoms with Crippen LogP contribution in [0.15, 0.2) is 54.1 Å². The Kier molecular flexibility index (Phi) is 15.3. The number of carbonyl (C=O) groups excluding carboxylic acids is 2. The summed E-state index contributed by atoms with van der Waals surface area (Å²) in [4.78, 5) is 27.8. The van der Waals surface area contributed by atoms with E-state index in [-0.39, 0.29) is 17.4 Å². The minimum absolute atomic E-state index is 0.187. The molecule has 1 aromatic carbocycles. The number of fused-ring (bicyclic) bond motifs is 1. The number of ketones is 1. The molecule has 0 aliphatic carbocycles. The third-order valence-electron chi connectivity index (χ3n) is 6.84. The summed E-state index contributed by atoms with van der Waals surface area (Å²) in [7, 11) is 3.65. The van der Waals surface area contributed by atoms with Crippen LogP contribution in [-0.4, -0.2) is 28.4 Å². The zero-order valence-electron chi connectivity index (χ0n) is 25.6. The summed E-state index contributed by atoms with van der Waals surface area (Å²) < 4.78 is 7.10. The highest BCUT2D eigenvalue weighted by atomic mass is 16.5. The van der Waals surface area contributed by atoms with E-state index in [4.69, 9.17) is 10.00 Å². The van der Waals surface area contributed by atoms with Gasteiger partial charge in [-0.2, -0.15) is 5.26 Å². The van der Waals surface area contributed by atoms with Crippen molar-refractivity contribution < 1.29 is 14.3 Å². The third-order valence-corrected chi connectivity index (χ3v) is 6.84. The largest absolute Gasteiger partial charge is 0.501 e. The number of anilines is 1. The summed E-state index contributed by atoms with van der Waals surface area (Å²) in [5.41, 5.74) is 4.65. The van der Waals surface area contributed by atoms with Crippen molar-refractivity contribution in [1.29, 1.82) is 5.26 Å². The Morgan fingerprint density at radius 3 is 2.29 bits per heavy atom. The van der Waals surface area contributed by atoms with Crippen LogP contribution in [0.2, 0.25) is 0 Å². The van der Waals surface area contributed by atoms with Gasteiger partial charge in [0, 0.05) is 48.0 Å². The summed E-state index contributed by atoms with van der Waals surface area (Å²) in [6, 6.07) is 11.1. The molecule has 3 aromatic rings. The van der Waals surface area contributed by atoms with Gasteiger partial charge in [0.1, 0.15) is 5.69 Å². The first-order valence-corrected chi connectivity index (χ1v) is 14.0. The van der Waals surface area contributed by atoms with Crippen LogP contribution in [0.4, 0.5) is 5.69 Å². The van der Waals surface area contributed by atoms with E-state index < -0.39 is 0 Å². The molecule has 0 unspecified atom stereocenters. The Labute approximate surface area is 245 Å². The molecule has 7 nitrogen and oxygen atoms in total. The first-order chi connectivity index (χ1) is 19.7. The van der Waals surface area contributed by atoms with E-state index in [1.165, 1.54) is 23.2 Å². The maximum Gasteiger partial charge on any atom is 0.274 e. The van der Waals surface area contributed by atoms with Gasteiger partial charge in [-0.05, 0) is 74.9 Å². The van der Waals surface area contributed by atoms with Crippen molar-refractivity contribution in [2.45, 2.75) is 79.1 Å². The number of aromatic nitrogens is 2. The zero-order valence-corrected chi connectivity index (χ0v) is 25.6. The second kappa shape index (κ2) is 18.1. The molecule has 2 heterocycles. The molecule has 3 rings (SSSR count). The Bertz CT molecular complexity index is 1390. The number of allylic oxidation sites excluding steroid dienone is 2. The number of rotatable bonds is 11. The molecule has 41 heavy (non-hydrogen) atoms. The number of carbonyl (C=O) groups is 2. The maximum atomic E-state index is 12.6. The predicted molar refractivity (Wildman–Crippen MR) is 168 cm³/mol. The van der Waals surface area contributed by atoms with Crippen LogP contribution in [0.5, 0.6) is 0 Å². The average molecular weight is 557 g/mol. The van der Waals surface area contributed by atoms with Crippen molar-refractivity contribution in [2.75, 3.05) is 12.4 Å². The minimum Gasteiger partial charge on any atom is -0.501 e. The topological polar surface area (TPSA) is 97.0 Å². The molecule has 0 aliphatic rings. The lowest BCUT2D eigenvalue weighted by molar-refractivity contribution is -0.115. The van der Waals surface area contributed by atoms with Gasteiger partial charge < -0.3 is 14.6 Å². The second-order valence-electron chi connectivity index (χ2n) is 9.76. The molecule has 218 valence electrons. The Morgan fingerprint density at radius 1 is 1.07 bits per heavy atom. The van der Waals surface area contributed by atoms with Gasteiger partial charge in [-0.25, -0.2) is 0 Å². The number of hydrogen-bond donors (Lipinski definition) is 1. The van der Waals surface area contributed by atoms with Gasteiger partial charge in [-0.3, -0.25) is 14.6 Å². The zero-order chi connectivity index (χ0) is 30.9. The number of terminal acetylenes is 1. The number of nitrogens with one attached hydrogen (secondary N) is 1. The van der Waals surface area contributed by atoms with Crippen LogP contribution in [0.25, 0.3) is 10.9 Å². The molecule has 0 aliphatic heterocycles. The molecule has 0 saturated heterocycles. The minimum atomic E-state index is -0.312. The average Bonchev–Trinajstić information content (AvgIpc) is 3.32. The number of hydrogen-bond acceptors (Lipinski definition) is 5. The molecular weight excluding hydrogens is 512 g/mol. The molecule has 0 bridgehead atoms. The number of nitriles is 1. The number of nitrogens with zero attached hydrogens (tertiary/aromatic N) is 3. The van der Waals surface area contributed by atoms with Crippen LogP contribution in [0.3, 0.4) is 0 Å². The van der Waals surface area contributed by atoms with E-state index >= 15 is 0 Å². The fourth-order valence-electron chi connectivity index (χ4n) is 4.56. The van der Waals surface area contributed by atoms with Crippen LogP contribution in [-0.2, 0) is 16.6 Å². The predicted octanol–water partition coefficient (Wildman–Crippen LogP) is 7.93. The van der Waals surface area contributed by atoms with Gasteiger partial charge in [-0.1, -0.05) is 33.6 Å². The van der Waals surface area contributed by atoms with E-state index in [1.807, 2.05) is 32.0 Å². The number of methoxy groups -OCH3 is 1. The molecule has 2 aromatic heterocycles. The lowest BCUT2D eigenvalue weighted by Gasteiger charge is -2.15. The maximum absolute atomic E-state index is 12.6. The number of aryl methyl sites for hydroxylation is 1. The molecule has 0 atom stereocenters.